The molecular weight excluding hydrogens is 280 g/mol. The molecule has 0 aliphatic carbocycles. The van der Waals surface area contributed by atoms with Crippen molar-refractivity contribution in [3.8, 4) is 0 Å². The van der Waals surface area contributed by atoms with Crippen LogP contribution < -0.4 is 5.32 Å². The molecule has 2 aliphatic rings. The molecule has 1 amide bonds. The lowest BCUT2D eigenvalue weighted by Gasteiger charge is -2.35. The summed E-state index contributed by atoms with van der Waals surface area (Å²) in [5, 5.41) is 3.41. The minimum Gasteiger partial charge on any atom is -0.336 e. The number of hydrogen-bond acceptors (Lipinski definition) is 3. The molecule has 104 valence electrons. The van der Waals surface area contributed by atoms with Gasteiger partial charge < -0.3 is 10.2 Å². The van der Waals surface area contributed by atoms with Gasteiger partial charge in [-0.1, -0.05) is 18.2 Å². The molecular formula is C14H19ClN2OS. The number of halogens is 1. The molecule has 19 heavy (non-hydrogen) atoms. The summed E-state index contributed by atoms with van der Waals surface area (Å²) in [7, 11) is 0. The Morgan fingerprint density at radius 2 is 2.21 bits per heavy atom. The Morgan fingerprint density at radius 3 is 2.95 bits per heavy atom. The highest BCUT2D eigenvalue weighted by atomic mass is 35.5. The van der Waals surface area contributed by atoms with E-state index in [0.717, 1.165) is 26.1 Å². The number of nitrogens with zero attached hydrogens (tertiary/aromatic N) is 1. The highest BCUT2D eigenvalue weighted by Gasteiger charge is 2.33. The van der Waals surface area contributed by atoms with E-state index in [1.54, 1.807) is 11.8 Å². The molecule has 3 rings (SSSR count). The second-order valence-corrected chi connectivity index (χ2v) is 6.25. The molecule has 0 spiro atoms. The van der Waals surface area contributed by atoms with Crippen molar-refractivity contribution in [3.05, 3.63) is 29.8 Å². The van der Waals surface area contributed by atoms with Crippen LogP contribution in [0.1, 0.15) is 12.5 Å². The van der Waals surface area contributed by atoms with Gasteiger partial charge in [-0.15, -0.1) is 24.2 Å². The van der Waals surface area contributed by atoms with Gasteiger partial charge in [-0.25, -0.2) is 0 Å². The Kier molecular flexibility index (Phi) is 4.76. The lowest BCUT2D eigenvalue weighted by atomic mass is 10.1. The minimum absolute atomic E-state index is 0. The second kappa shape index (κ2) is 6.16. The first-order valence-electron chi connectivity index (χ1n) is 6.51. The van der Waals surface area contributed by atoms with Gasteiger partial charge in [0.25, 0.3) is 0 Å². The van der Waals surface area contributed by atoms with Crippen LogP contribution in [0.3, 0.4) is 0 Å². The molecule has 1 aromatic carbocycles. The third kappa shape index (κ3) is 2.91. The van der Waals surface area contributed by atoms with E-state index >= 15 is 0 Å². The van der Waals surface area contributed by atoms with Crippen molar-refractivity contribution in [2.45, 2.75) is 29.5 Å². The van der Waals surface area contributed by atoms with Crippen molar-refractivity contribution in [2.75, 3.05) is 19.6 Å². The fraction of sp³-hybridized carbons (Fsp3) is 0.500. The number of carbonyl (C=O) groups is 1. The molecule has 1 N–H and O–H groups in total. The lowest BCUT2D eigenvalue weighted by molar-refractivity contribution is -0.133. The third-order valence-corrected chi connectivity index (χ3v) is 5.01. The monoisotopic (exact) mass is 298 g/mol. The Hall–Kier alpha value is -0.710. The van der Waals surface area contributed by atoms with Crippen LogP contribution in [0.5, 0.6) is 0 Å². The SMILES string of the molecule is C[C@@H]1CNCCN1C(=O)C1Cc2ccccc2S1.Cl. The zero-order valence-electron chi connectivity index (χ0n) is 11.0. The molecule has 2 aliphatic heterocycles. The third-order valence-electron chi connectivity index (χ3n) is 3.71. The molecule has 2 atom stereocenters. The molecule has 0 aromatic heterocycles. The number of benzene rings is 1. The quantitative estimate of drug-likeness (QED) is 0.860. The lowest BCUT2D eigenvalue weighted by Crippen LogP contribution is -2.54. The van der Waals surface area contributed by atoms with Gasteiger partial charge in [-0.3, -0.25) is 4.79 Å². The Bertz CT molecular complexity index is 444. The second-order valence-electron chi connectivity index (χ2n) is 5.00. The average molecular weight is 299 g/mol. The van der Waals surface area contributed by atoms with Gasteiger partial charge in [0, 0.05) is 30.6 Å². The van der Waals surface area contributed by atoms with Crippen LogP contribution in [0.25, 0.3) is 0 Å². The molecule has 1 saturated heterocycles. The summed E-state index contributed by atoms with van der Waals surface area (Å²) in [6, 6.07) is 8.67. The summed E-state index contributed by atoms with van der Waals surface area (Å²) in [5.41, 5.74) is 1.32. The van der Waals surface area contributed by atoms with Crippen LogP contribution in [0, 0.1) is 0 Å². The van der Waals surface area contributed by atoms with E-state index in [1.807, 2.05) is 11.0 Å². The minimum atomic E-state index is 0. The normalized spacial score (nSPS) is 25.6. The Morgan fingerprint density at radius 1 is 1.42 bits per heavy atom. The number of thioether (sulfide) groups is 1. The molecule has 0 radical (unpaired) electrons. The zero-order valence-corrected chi connectivity index (χ0v) is 12.6. The first-order valence-corrected chi connectivity index (χ1v) is 7.39. The van der Waals surface area contributed by atoms with E-state index in [4.69, 9.17) is 0 Å². The van der Waals surface area contributed by atoms with E-state index in [1.165, 1.54) is 10.5 Å². The largest absolute Gasteiger partial charge is 0.336 e. The van der Waals surface area contributed by atoms with Gasteiger partial charge >= 0.3 is 0 Å². The van der Waals surface area contributed by atoms with Gasteiger partial charge in [0.1, 0.15) is 0 Å². The van der Waals surface area contributed by atoms with Gasteiger partial charge in [0.05, 0.1) is 5.25 Å². The zero-order chi connectivity index (χ0) is 12.5. The summed E-state index contributed by atoms with van der Waals surface area (Å²) < 4.78 is 0. The van der Waals surface area contributed by atoms with E-state index in [0.29, 0.717) is 11.9 Å². The van der Waals surface area contributed by atoms with Crippen LogP contribution in [0.15, 0.2) is 29.2 Å². The molecule has 0 saturated carbocycles. The number of nitrogens with one attached hydrogen (secondary N) is 1. The maximum atomic E-state index is 12.6. The van der Waals surface area contributed by atoms with Crippen molar-refractivity contribution in [1.82, 2.24) is 10.2 Å². The first kappa shape index (κ1) is 14.7. The van der Waals surface area contributed by atoms with Crippen LogP contribution in [-0.4, -0.2) is 41.7 Å². The molecule has 3 nitrogen and oxygen atoms in total. The number of carbonyl (C=O) groups excluding carboxylic acids is 1. The average Bonchev–Trinajstić information content (AvgIpc) is 2.82. The van der Waals surface area contributed by atoms with Crippen molar-refractivity contribution < 1.29 is 4.79 Å². The Balaban J connectivity index is 0.00000133. The number of rotatable bonds is 1. The van der Waals surface area contributed by atoms with Crippen molar-refractivity contribution in [2.24, 2.45) is 0 Å². The predicted molar refractivity (Wildman–Crippen MR) is 81.1 cm³/mol. The summed E-state index contributed by atoms with van der Waals surface area (Å²) in [6.07, 6.45) is 0.885. The van der Waals surface area contributed by atoms with Crippen molar-refractivity contribution in [1.29, 1.82) is 0 Å². The molecule has 1 unspecified atom stereocenters. The summed E-state index contributed by atoms with van der Waals surface area (Å²) >= 11 is 1.73. The number of fused-ring (bicyclic) bond motifs is 1. The topological polar surface area (TPSA) is 32.3 Å². The van der Waals surface area contributed by atoms with Gasteiger partial charge in [-0.2, -0.15) is 0 Å². The van der Waals surface area contributed by atoms with Crippen LogP contribution in [-0.2, 0) is 11.2 Å². The molecule has 1 aromatic rings. The number of amides is 1. The van der Waals surface area contributed by atoms with Crippen molar-refractivity contribution >= 4 is 30.1 Å². The highest BCUT2D eigenvalue weighted by molar-refractivity contribution is 8.01. The van der Waals surface area contributed by atoms with Crippen LogP contribution in [0.4, 0.5) is 0 Å². The fourth-order valence-electron chi connectivity index (χ4n) is 2.67. The maximum Gasteiger partial charge on any atom is 0.236 e. The van der Waals surface area contributed by atoms with Crippen LogP contribution in [0.2, 0.25) is 0 Å². The summed E-state index contributed by atoms with van der Waals surface area (Å²) in [6.45, 7) is 4.79. The molecule has 0 bridgehead atoms. The Labute approximate surface area is 124 Å². The molecule has 5 heteroatoms. The first-order chi connectivity index (χ1) is 8.75. The van der Waals surface area contributed by atoms with E-state index in [-0.39, 0.29) is 17.7 Å². The highest BCUT2D eigenvalue weighted by Crippen LogP contribution is 2.37. The smallest absolute Gasteiger partial charge is 0.236 e. The predicted octanol–water partition coefficient (Wildman–Crippen LogP) is 1.95. The summed E-state index contributed by atoms with van der Waals surface area (Å²) in [5.74, 6) is 0.310. The van der Waals surface area contributed by atoms with Gasteiger partial charge in [-0.05, 0) is 25.0 Å². The van der Waals surface area contributed by atoms with Gasteiger partial charge in [0.15, 0.2) is 0 Å². The van der Waals surface area contributed by atoms with E-state index in [9.17, 15) is 4.79 Å². The molecule has 2 heterocycles. The number of piperazine rings is 1. The van der Waals surface area contributed by atoms with E-state index < -0.39 is 0 Å². The standard InChI is InChI=1S/C14H18N2OS.ClH/c1-10-9-15-6-7-16(10)14(17)13-8-11-4-2-3-5-12(11)18-13;/h2-5,10,13,15H,6-9H2,1H3;1H/t10-,13?;/m1./s1. The van der Waals surface area contributed by atoms with Crippen LogP contribution >= 0.6 is 24.2 Å². The van der Waals surface area contributed by atoms with Gasteiger partial charge in [0.2, 0.25) is 5.91 Å². The van der Waals surface area contributed by atoms with E-state index in [2.05, 4.69) is 30.4 Å². The summed E-state index contributed by atoms with van der Waals surface area (Å²) in [4.78, 5) is 15.9. The fourth-order valence-corrected chi connectivity index (χ4v) is 3.94. The van der Waals surface area contributed by atoms with Crippen molar-refractivity contribution in [3.63, 3.8) is 0 Å². The molecule has 1 fully saturated rings. The maximum absolute atomic E-state index is 12.6. The number of hydrogen-bond donors (Lipinski definition) is 1.